The fourth-order valence-electron chi connectivity index (χ4n) is 4.00. The standard InChI is InChI=1S/C23H25N3O2S/c24-10-5-11-26-16-21(20-8-1-2-9-22(20)26)23(27)17-25(14-18-6-3-12-28-18)15-19-7-4-13-29-19/h1-2,4,7-9,13,16,18H,3,5-6,11-12,14-15,17H2. The quantitative estimate of drug-likeness (QED) is 0.491. The molecular formula is C23H25N3O2S. The van der Waals surface area contributed by atoms with Crippen LogP contribution in [0.5, 0.6) is 0 Å². The first-order valence-corrected chi connectivity index (χ1v) is 11.0. The number of fused-ring (bicyclic) bond motifs is 1. The molecule has 0 aliphatic carbocycles. The monoisotopic (exact) mass is 407 g/mol. The molecule has 0 N–H and O–H groups in total. The van der Waals surface area contributed by atoms with Crippen molar-refractivity contribution >= 4 is 28.0 Å². The number of nitriles is 1. The lowest BCUT2D eigenvalue weighted by Gasteiger charge is -2.24. The summed E-state index contributed by atoms with van der Waals surface area (Å²) in [6.45, 7) is 3.31. The second kappa shape index (κ2) is 9.36. The summed E-state index contributed by atoms with van der Waals surface area (Å²) >= 11 is 1.72. The van der Waals surface area contributed by atoms with E-state index in [1.165, 1.54) is 4.88 Å². The van der Waals surface area contributed by atoms with E-state index in [4.69, 9.17) is 10.00 Å². The number of Topliss-reactive ketones (excluding diaryl/α,β-unsaturated/α-hetero) is 1. The van der Waals surface area contributed by atoms with E-state index in [2.05, 4.69) is 28.5 Å². The number of hydrogen-bond donors (Lipinski definition) is 0. The number of nitrogens with zero attached hydrogens (tertiary/aromatic N) is 3. The van der Waals surface area contributed by atoms with Crippen LogP contribution in [0.3, 0.4) is 0 Å². The zero-order valence-corrected chi connectivity index (χ0v) is 17.2. The Kier molecular flexibility index (Phi) is 6.40. The van der Waals surface area contributed by atoms with Crippen LogP contribution in [-0.4, -0.2) is 41.1 Å². The van der Waals surface area contributed by atoms with E-state index >= 15 is 0 Å². The van der Waals surface area contributed by atoms with Crippen LogP contribution in [-0.2, 0) is 17.8 Å². The molecule has 29 heavy (non-hydrogen) atoms. The third kappa shape index (κ3) is 4.76. The van der Waals surface area contributed by atoms with Crippen LogP contribution in [0.1, 0.15) is 34.5 Å². The van der Waals surface area contributed by atoms with Crippen molar-refractivity contribution < 1.29 is 9.53 Å². The number of rotatable bonds is 9. The fourth-order valence-corrected chi connectivity index (χ4v) is 4.74. The zero-order chi connectivity index (χ0) is 20.1. The second-order valence-corrected chi connectivity index (χ2v) is 8.50. The van der Waals surface area contributed by atoms with Crippen LogP contribution in [0, 0.1) is 11.3 Å². The van der Waals surface area contributed by atoms with Gasteiger partial charge in [0.15, 0.2) is 5.78 Å². The average Bonchev–Trinajstić information content (AvgIpc) is 3.48. The minimum atomic E-state index is 0.117. The largest absolute Gasteiger partial charge is 0.377 e. The number of ether oxygens (including phenoxy) is 1. The number of benzene rings is 1. The van der Waals surface area contributed by atoms with Crippen molar-refractivity contribution in [3.63, 3.8) is 0 Å². The van der Waals surface area contributed by atoms with Gasteiger partial charge in [-0.1, -0.05) is 24.3 Å². The number of para-hydroxylation sites is 1. The second-order valence-electron chi connectivity index (χ2n) is 7.47. The van der Waals surface area contributed by atoms with Crippen molar-refractivity contribution in [3.8, 4) is 6.07 Å². The first kappa shape index (κ1) is 19.8. The van der Waals surface area contributed by atoms with Crippen LogP contribution < -0.4 is 0 Å². The van der Waals surface area contributed by atoms with Gasteiger partial charge >= 0.3 is 0 Å². The minimum Gasteiger partial charge on any atom is -0.377 e. The molecule has 1 aliphatic rings. The van der Waals surface area contributed by atoms with Gasteiger partial charge in [0.05, 0.1) is 25.1 Å². The maximum Gasteiger partial charge on any atom is 0.178 e. The number of carbonyl (C=O) groups is 1. The average molecular weight is 408 g/mol. The first-order valence-electron chi connectivity index (χ1n) is 10.1. The number of ketones is 1. The highest BCUT2D eigenvalue weighted by atomic mass is 32.1. The van der Waals surface area contributed by atoms with Crippen molar-refractivity contribution in [2.45, 2.75) is 38.5 Å². The molecule has 1 saturated heterocycles. The summed E-state index contributed by atoms with van der Waals surface area (Å²) < 4.78 is 7.85. The van der Waals surface area contributed by atoms with E-state index in [0.717, 1.165) is 49.0 Å². The molecule has 1 aromatic carbocycles. The summed E-state index contributed by atoms with van der Waals surface area (Å²) in [5, 5.41) is 12.0. The van der Waals surface area contributed by atoms with Crippen LogP contribution >= 0.6 is 11.3 Å². The van der Waals surface area contributed by atoms with Gasteiger partial charge in [-0.05, 0) is 30.4 Å². The smallest absolute Gasteiger partial charge is 0.178 e. The van der Waals surface area contributed by atoms with Gasteiger partial charge < -0.3 is 9.30 Å². The third-order valence-corrected chi connectivity index (χ3v) is 6.23. The van der Waals surface area contributed by atoms with Gasteiger partial charge in [-0.3, -0.25) is 9.69 Å². The molecule has 1 unspecified atom stereocenters. The molecule has 0 spiro atoms. The van der Waals surface area contributed by atoms with Crippen molar-refractivity contribution in [1.82, 2.24) is 9.47 Å². The molecule has 0 bridgehead atoms. The number of aryl methyl sites for hydroxylation is 1. The summed E-state index contributed by atoms with van der Waals surface area (Å²) in [6.07, 6.45) is 4.70. The van der Waals surface area contributed by atoms with Crippen LogP contribution in [0.2, 0.25) is 0 Å². The van der Waals surface area contributed by atoms with Crippen LogP contribution in [0.25, 0.3) is 10.9 Å². The first-order chi connectivity index (χ1) is 14.2. The van der Waals surface area contributed by atoms with Crippen molar-refractivity contribution in [3.05, 3.63) is 58.4 Å². The Hall–Kier alpha value is -2.46. The highest BCUT2D eigenvalue weighted by molar-refractivity contribution is 7.09. The number of thiophene rings is 1. The van der Waals surface area contributed by atoms with E-state index in [0.29, 0.717) is 19.5 Å². The maximum atomic E-state index is 13.3. The lowest BCUT2D eigenvalue weighted by molar-refractivity contribution is 0.0653. The molecule has 4 rings (SSSR count). The predicted molar refractivity (Wildman–Crippen MR) is 115 cm³/mol. The topological polar surface area (TPSA) is 58.3 Å². The van der Waals surface area contributed by atoms with Gasteiger partial charge in [0.2, 0.25) is 0 Å². The normalized spacial score (nSPS) is 16.5. The van der Waals surface area contributed by atoms with E-state index in [-0.39, 0.29) is 11.9 Å². The van der Waals surface area contributed by atoms with Crippen molar-refractivity contribution in [2.24, 2.45) is 0 Å². The maximum absolute atomic E-state index is 13.3. The predicted octanol–water partition coefficient (Wildman–Crippen LogP) is 4.48. The molecule has 1 fully saturated rings. The lowest BCUT2D eigenvalue weighted by Crippen LogP contribution is -2.35. The zero-order valence-electron chi connectivity index (χ0n) is 16.4. The molecular weight excluding hydrogens is 382 g/mol. The number of aromatic nitrogens is 1. The van der Waals surface area contributed by atoms with Gasteiger partial charge in [0, 0.05) is 53.8 Å². The van der Waals surface area contributed by atoms with Crippen molar-refractivity contribution in [1.29, 1.82) is 5.26 Å². The Balaban J connectivity index is 1.55. The van der Waals surface area contributed by atoms with E-state index in [1.54, 1.807) is 11.3 Å². The molecule has 0 radical (unpaired) electrons. The molecule has 3 heterocycles. The van der Waals surface area contributed by atoms with Gasteiger partial charge in [0.25, 0.3) is 0 Å². The van der Waals surface area contributed by atoms with Gasteiger partial charge in [0.1, 0.15) is 0 Å². The summed E-state index contributed by atoms with van der Waals surface area (Å²) in [6, 6.07) is 14.3. The van der Waals surface area contributed by atoms with E-state index < -0.39 is 0 Å². The molecule has 5 nitrogen and oxygen atoms in total. The molecule has 6 heteroatoms. The summed E-state index contributed by atoms with van der Waals surface area (Å²) in [4.78, 5) is 16.8. The Bertz CT molecular complexity index is 997. The van der Waals surface area contributed by atoms with Crippen molar-refractivity contribution in [2.75, 3.05) is 19.7 Å². The number of hydrogen-bond acceptors (Lipinski definition) is 5. The molecule has 0 saturated carbocycles. The molecule has 3 aromatic rings. The molecule has 0 amide bonds. The van der Waals surface area contributed by atoms with E-state index in [9.17, 15) is 4.79 Å². The highest BCUT2D eigenvalue weighted by Gasteiger charge is 2.23. The third-order valence-electron chi connectivity index (χ3n) is 5.37. The van der Waals surface area contributed by atoms with Gasteiger partial charge in [-0.2, -0.15) is 5.26 Å². The van der Waals surface area contributed by atoms with Gasteiger partial charge in [-0.15, -0.1) is 11.3 Å². The molecule has 2 aromatic heterocycles. The Morgan fingerprint density at radius 2 is 2.21 bits per heavy atom. The van der Waals surface area contributed by atoms with Crippen LogP contribution in [0.4, 0.5) is 0 Å². The SMILES string of the molecule is N#CCCn1cc(C(=O)CN(Cc2cccs2)CC2CCCO2)c2ccccc21. The summed E-state index contributed by atoms with van der Waals surface area (Å²) in [5.74, 6) is 0.117. The van der Waals surface area contributed by atoms with E-state index in [1.807, 2.05) is 35.0 Å². The highest BCUT2D eigenvalue weighted by Crippen LogP contribution is 2.24. The van der Waals surface area contributed by atoms with Gasteiger partial charge in [-0.25, -0.2) is 0 Å². The summed E-state index contributed by atoms with van der Waals surface area (Å²) in [7, 11) is 0. The minimum absolute atomic E-state index is 0.117. The molecule has 1 aliphatic heterocycles. The Morgan fingerprint density at radius 3 is 2.97 bits per heavy atom. The summed E-state index contributed by atoms with van der Waals surface area (Å²) in [5.41, 5.74) is 1.75. The lowest BCUT2D eigenvalue weighted by atomic mass is 10.1. The molecule has 150 valence electrons. The fraction of sp³-hybridized carbons (Fsp3) is 0.391. The Morgan fingerprint density at radius 1 is 1.31 bits per heavy atom. The Labute approximate surface area is 175 Å². The number of carbonyl (C=O) groups excluding carboxylic acids is 1. The molecule has 1 atom stereocenters. The van der Waals surface area contributed by atoms with Crippen LogP contribution in [0.15, 0.2) is 48.0 Å².